The molecule has 1 aromatic heterocycles. The third-order valence-corrected chi connectivity index (χ3v) is 11.9. The number of halogens is 2. The lowest BCUT2D eigenvalue weighted by Gasteiger charge is -2.45. The summed E-state index contributed by atoms with van der Waals surface area (Å²) in [5.74, 6) is -2.42. The molecule has 258 valence electrons. The lowest BCUT2D eigenvalue weighted by molar-refractivity contribution is -0.139. The van der Waals surface area contributed by atoms with E-state index in [-0.39, 0.29) is 40.1 Å². The zero-order chi connectivity index (χ0) is 33.9. The Balaban J connectivity index is 1.31. The summed E-state index contributed by atoms with van der Waals surface area (Å²) in [6.45, 7) is 4.68. The molecule has 3 unspecified atom stereocenters. The number of thiazole rings is 1. The first-order valence-electron chi connectivity index (χ1n) is 16.7. The third-order valence-electron chi connectivity index (χ3n) is 10.4. The molecule has 2 aromatic rings. The van der Waals surface area contributed by atoms with Crippen LogP contribution in [0.2, 0.25) is 10.0 Å². The van der Waals surface area contributed by atoms with Gasteiger partial charge in [-0.1, -0.05) is 29.3 Å². The zero-order valence-corrected chi connectivity index (χ0v) is 30.0. The van der Waals surface area contributed by atoms with Crippen molar-refractivity contribution in [3.63, 3.8) is 0 Å². The Kier molecular flexibility index (Phi) is 11.1. The fourth-order valence-electron chi connectivity index (χ4n) is 7.91. The van der Waals surface area contributed by atoms with Crippen molar-refractivity contribution in [3.8, 4) is 0 Å². The quantitative estimate of drug-likeness (QED) is 0.334. The first-order chi connectivity index (χ1) is 23.2. The van der Waals surface area contributed by atoms with Gasteiger partial charge in [0.05, 0.1) is 42.2 Å². The van der Waals surface area contributed by atoms with E-state index < -0.39 is 17.9 Å². The van der Waals surface area contributed by atoms with Crippen molar-refractivity contribution < 1.29 is 23.9 Å². The molecule has 0 spiro atoms. The summed E-state index contributed by atoms with van der Waals surface area (Å²) in [6, 6.07) is 6.90. The number of rotatable bonds is 10. The first-order valence-corrected chi connectivity index (χ1v) is 18.4. The molecule has 1 amide bonds. The number of benzene rings is 1. The maximum Gasteiger partial charge on any atom is 0.336 e. The largest absolute Gasteiger partial charge is 0.466 e. The van der Waals surface area contributed by atoms with E-state index in [1.165, 1.54) is 44.1 Å². The minimum Gasteiger partial charge on any atom is -0.466 e. The lowest BCUT2D eigenvalue weighted by atomic mass is 9.78. The van der Waals surface area contributed by atoms with Crippen molar-refractivity contribution in [1.29, 1.82) is 0 Å². The molecule has 10 nitrogen and oxygen atoms in total. The van der Waals surface area contributed by atoms with E-state index in [0.29, 0.717) is 61.0 Å². The number of aryl methyl sites for hydroxylation is 1. The Bertz CT molecular complexity index is 1560. The highest BCUT2D eigenvalue weighted by molar-refractivity contribution is 7.09. The Morgan fingerprint density at radius 1 is 0.958 bits per heavy atom. The predicted octanol–water partition coefficient (Wildman–Crippen LogP) is 5.17. The second-order valence-corrected chi connectivity index (χ2v) is 14.7. The molecule has 2 bridgehead atoms. The zero-order valence-electron chi connectivity index (χ0n) is 27.7. The summed E-state index contributed by atoms with van der Waals surface area (Å²) in [4.78, 5) is 52.9. The number of methoxy groups -OCH3 is 1. The van der Waals surface area contributed by atoms with Crippen molar-refractivity contribution in [2.45, 2.75) is 75.9 Å². The second kappa shape index (κ2) is 15.3. The summed E-state index contributed by atoms with van der Waals surface area (Å²) >= 11 is 15.0. The van der Waals surface area contributed by atoms with Crippen LogP contribution in [0, 0.1) is 0 Å². The predicted molar refractivity (Wildman–Crippen MR) is 186 cm³/mol. The monoisotopic (exact) mass is 715 g/mol. The lowest BCUT2D eigenvalue weighted by Crippen LogP contribution is -2.56. The van der Waals surface area contributed by atoms with Crippen molar-refractivity contribution in [2.75, 3.05) is 46.9 Å². The van der Waals surface area contributed by atoms with Gasteiger partial charge in [-0.25, -0.2) is 14.6 Å². The summed E-state index contributed by atoms with van der Waals surface area (Å²) < 4.78 is 10.8. The fraction of sp³-hybridized carbons (Fsp3) is 0.543. The molecule has 0 radical (unpaired) electrons. The molecule has 6 rings (SSSR count). The van der Waals surface area contributed by atoms with Crippen LogP contribution in [0.15, 0.2) is 52.3 Å². The highest BCUT2D eigenvalue weighted by Crippen LogP contribution is 2.46. The highest BCUT2D eigenvalue weighted by Gasteiger charge is 2.43. The number of ether oxygens (including phenoxy) is 2. The molecule has 48 heavy (non-hydrogen) atoms. The van der Waals surface area contributed by atoms with Crippen LogP contribution in [0.4, 0.5) is 0 Å². The van der Waals surface area contributed by atoms with Gasteiger partial charge in [-0.15, -0.1) is 11.3 Å². The molecule has 0 saturated carbocycles. The summed E-state index contributed by atoms with van der Waals surface area (Å²) in [5, 5.41) is 6.68. The first kappa shape index (κ1) is 34.9. The fourth-order valence-corrected chi connectivity index (χ4v) is 9.15. The molecule has 5 heterocycles. The van der Waals surface area contributed by atoms with Gasteiger partial charge in [-0.3, -0.25) is 9.69 Å². The molecule has 4 aliphatic heterocycles. The number of hydrogen-bond donors (Lipinski definition) is 1. The average molecular weight is 717 g/mol. The Hall–Kier alpha value is -2.96. The van der Waals surface area contributed by atoms with Crippen LogP contribution in [-0.4, -0.2) is 103 Å². The number of esters is 2. The van der Waals surface area contributed by atoms with E-state index in [1.54, 1.807) is 31.3 Å². The topological polar surface area (TPSA) is 104 Å². The van der Waals surface area contributed by atoms with Crippen LogP contribution in [-0.2, 0) is 30.3 Å². The van der Waals surface area contributed by atoms with Crippen molar-refractivity contribution in [1.82, 2.24) is 25.0 Å². The molecule has 1 N–H and O–H groups in total. The number of allylic oxidation sites excluding steroid dienone is 1. The normalized spacial score (nSPS) is 24.9. The average Bonchev–Trinajstić information content (AvgIpc) is 3.66. The van der Waals surface area contributed by atoms with Gasteiger partial charge >= 0.3 is 11.9 Å². The van der Waals surface area contributed by atoms with Crippen LogP contribution >= 0.6 is 34.5 Å². The Morgan fingerprint density at radius 3 is 2.23 bits per heavy atom. The summed E-state index contributed by atoms with van der Waals surface area (Å²) in [6.07, 6.45) is 7.48. The Morgan fingerprint density at radius 2 is 1.62 bits per heavy atom. The van der Waals surface area contributed by atoms with E-state index >= 15 is 0 Å². The maximum absolute atomic E-state index is 14.0. The van der Waals surface area contributed by atoms with Crippen LogP contribution in [0.5, 0.6) is 0 Å². The van der Waals surface area contributed by atoms with Crippen molar-refractivity contribution >= 4 is 52.4 Å². The maximum atomic E-state index is 14.0. The minimum atomic E-state index is -1.02. The molecule has 3 saturated heterocycles. The molecular weight excluding hydrogens is 673 g/mol. The number of hydrogen-bond acceptors (Lipinski definition) is 10. The van der Waals surface area contributed by atoms with Crippen LogP contribution in [0.25, 0.3) is 0 Å². The number of fused-ring (bicyclic) bond motifs is 2. The van der Waals surface area contributed by atoms with Crippen LogP contribution < -0.4 is 5.32 Å². The molecule has 3 atom stereocenters. The molecule has 1 aromatic carbocycles. The van der Waals surface area contributed by atoms with Gasteiger partial charge in [0.2, 0.25) is 5.91 Å². The van der Waals surface area contributed by atoms with E-state index in [0.717, 1.165) is 18.1 Å². The number of carbonyl (C=O) groups excluding carboxylic acids is 3. The summed E-state index contributed by atoms with van der Waals surface area (Å²) in [5.41, 5.74) is 1.59. The molecule has 4 aliphatic rings. The number of dihydropyridines is 1. The van der Waals surface area contributed by atoms with Crippen LogP contribution in [0.3, 0.4) is 0 Å². The highest BCUT2D eigenvalue weighted by atomic mass is 35.5. The van der Waals surface area contributed by atoms with Gasteiger partial charge < -0.3 is 24.6 Å². The number of nitrogens with zero attached hydrogens (tertiary/aromatic N) is 4. The number of amides is 1. The standard InChI is InChI=1S/C35H43Cl2N5O5S/c1-4-47-35(45)32-27(20-29(43)42-15-13-41(14-16-42)23-18-21-8-9-22(19-23)40(21)2)39-26(10-11-28-38-12-17-48-28)31(34(44)46-3)33(32)30-24(36)6-5-7-25(30)37/h5-7,12,17,21-23,33,39H,4,8-11,13-16,18-20H2,1-3H3. The minimum absolute atomic E-state index is 0.0830. The molecule has 3 fully saturated rings. The van der Waals surface area contributed by atoms with Crippen molar-refractivity contribution in [2.24, 2.45) is 0 Å². The molecular formula is C35H43Cl2N5O5S. The number of aromatic nitrogens is 1. The second-order valence-electron chi connectivity index (χ2n) is 12.9. The van der Waals surface area contributed by atoms with Gasteiger partial charge in [0.15, 0.2) is 0 Å². The molecule has 13 heteroatoms. The number of carbonyl (C=O) groups is 3. The van der Waals surface area contributed by atoms with Gasteiger partial charge in [0, 0.05) is 89.3 Å². The number of piperazine rings is 1. The van der Waals surface area contributed by atoms with E-state index in [1.807, 2.05) is 10.3 Å². The van der Waals surface area contributed by atoms with Gasteiger partial charge in [-0.05, 0) is 58.2 Å². The molecule has 0 aliphatic carbocycles. The smallest absolute Gasteiger partial charge is 0.336 e. The van der Waals surface area contributed by atoms with E-state index in [9.17, 15) is 14.4 Å². The SMILES string of the molecule is CCOC(=O)C1=C(CC(=O)N2CCN(C3CC4CCC(C3)N4C)CC2)NC(CCc2nccs2)=C(C(=O)OC)C1c1c(Cl)cccc1Cl. The van der Waals surface area contributed by atoms with Crippen molar-refractivity contribution in [3.05, 3.63) is 72.9 Å². The summed E-state index contributed by atoms with van der Waals surface area (Å²) in [7, 11) is 3.55. The van der Waals surface area contributed by atoms with Gasteiger partial charge in [0.25, 0.3) is 0 Å². The van der Waals surface area contributed by atoms with Gasteiger partial charge in [-0.2, -0.15) is 0 Å². The van der Waals surface area contributed by atoms with E-state index in [4.69, 9.17) is 32.7 Å². The third kappa shape index (κ3) is 7.16. The Labute approximate surface area is 296 Å². The van der Waals surface area contributed by atoms with E-state index in [2.05, 4.69) is 27.1 Å². The van der Waals surface area contributed by atoms with Gasteiger partial charge in [0.1, 0.15) is 0 Å². The number of nitrogens with one attached hydrogen (secondary N) is 1. The number of piperidine rings is 1. The van der Waals surface area contributed by atoms with Crippen LogP contribution in [0.1, 0.15) is 61.9 Å².